The van der Waals surface area contributed by atoms with E-state index in [2.05, 4.69) is 33.4 Å². The largest absolute Gasteiger partial charge is 0.378 e. The molecular weight excluding hydrogens is 298 g/mol. The SMILES string of the molecule is Clc1ccc(Br)cc1NC1/C=C/CCCCC1. The highest BCUT2D eigenvalue weighted by Crippen LogP contribution is 2.27. The fraction of sp³-hybridized carbons (Fsp3) is 0.429. The van der Waals surface area contributed by atoms with Crippen LogP contribution in [0.1, 0.15) is 32.1 Å². The van der Waals surface area contributed by atoms with Crippen LogP contribution in [0, 0.1) is 0 Å². The Hall–Kier alpha value is -0.470. The minimum Gasteiger partial charge on any atom is -0.378 e. The number of allylic oxidation sites excluding steroid dienone is 1. The second-order valence-electron chi connectivity index (χ2n) is 4.44. The molecule has 0 aliphatic heterocycles. The van der Waals surface area contributed by atoms with Gasteiger partial charge >= 0.3 is 0 Å². The van der Waals surface area contributed by atoms with Crippen molar-refractivity contribution in [2.75, 3.05) is 5.32 Å². The van der Waals surface area contributed by atoms with E-state index in [-0.39, 0.29) is 0 Å². The van der Waals surface area contributed by atoms with Crippen LogP contribution < -0.4 is 5.32 Å². The average molecular weight is 315 g/mol. The van der Waals surface area contributed by atoms with Crippen molar-refractivity contribution in [1.29, 1.82) is 0 Å². The number of benzene rings is 1. The molecule has 0 saturated carbocycles. The molecule has 1 aromatic rings. The van der Waals surface area contributed by atoms with Crippen molar-refractivity contribution in [3.63, 3.8) is 0 Å². The highest BCUT2D eigenvalue weighted by molar-refractivity contribution is 9.10. The molecule has 0 spiro atoms. The normalized spacial score (nSPS) is 22.6. The van der Waals surface area contributed by atoms with Crippen LogP contribution in [0.15, 0.2) is 34.8 Å². The lowest BCUT2D eigenvalue weighted by atomic mass is 10.0. The van der Waals surface area contributed by atoms with Gasteiger partial charge in [0, 0.05) is 10.5 Å². The molecule has 1 unspecified atom stereocenters. The first-order valence-corrected chi connectivity index (χ1v) is 7.31. The van der Waals surface area contributed by atoms with Gasteiger partial charge in [0.15, 0.2) is 0 Å². The molecule has 0 saturated heterocycles. The van der Waals surface area contributed by atoms with Crippen LogP contribution in [0.4, 0.5) is 5.69 Å². The summed E-state index contributed by atoms with van der Waals surface area (Å²) in [5.41, 5.74) is 1.01. The van der Waals surface area contributed by atoms with Crippen LogP contribution in [0.25, 0.3) is 0 Å². The number of halogens is 2. The van der Waals surface area contributed by atoms with Gasteiger partial charge in [0.1, 0.15) is 0 Å². The molecule has 1 aromatic carbocycles. The predicted molar refractivity (Wildman–Crippen MR) is 78.8 cm³/mol. The van der Waals surface area contributed by atoms with Gasteiger partial charge in [0.2, 0.25) is 0 Å². The van der Waals surface area contributed by atoms with Crippen molar-refractivity contribution in [3.05, 3.63) is 39.8 Å². The molecule has 0 fully saturated rings. The lowest BCUT2D eigenvalue weighted by molar-refractivity contribution is 0.610. The van der Waals surface area contributed by atoms with E-state index in [9.17, 15) is 0 Å². The summed E-state index contributed by atoms with van der Waals surface area (Å²) in [6, 6.07) is 6.32. The highest BCUT2D eigenvalue weighted by Gasteiger charge is 2.09. The fourth-order valence-corrected chi connectivity index (χ4v) is 2.62. The van der Waals surface area contributed by atoms with E-state index in [1.165, 1.54) is 32.1 Å². The summed E-state index contributed by atoms with van der Waals surface area (Å²) < 4.78 is 1.05. The molecule has 1 aliphatic rings. The van der Waals surface area contributed by atoms with E-state index >= 15 is 0 Å². The first-order chi connectivity index (χ1) is 8.25. The predicted octanol–water partition coefficient (Wildman–Crippen LogP) is 5.40. The van der Waals surface area contributed by atoms with Crippen molar-refractivity contribution >= 4 is 33.2 Å². The number of hydrogen-bond donors (Lipinski definition) is 1. The first kappa shape index (κ1) is 13.0. The van der Waals surface area contributed by atoms with Gasteiger partial charge in [-0.3, -0.25) is 0 Å². The van der Waals surface area contributed by atoms with Gasteiger partial charge in [-0.25, -0.2) is 0 Å². The second kappa shape index (κ2) is 6.46. The maximum atomic E-state index is 6.18. The fourth-order valence-electron chi connectivity index (χ4n) is 2.09. The van der Waals surface area contributed by atoms with Gasteiger partial charge in [-0.15, -0.1) is 0 Å². The van der Waals surface area contributed by atoms with Crippen molar-refractivity contribution in [3.8, 4) is 0 Å². The summed E-state index contributed by atoms with van der Waals surface area (Å²) in [5, 5.41) is 4.29. The van der Waals surface area contributed by atoms with Crippen molar-refractivity contribution in [2.45, 2.75) is 38.1 Å². The molecule has 0 amide bonds. The highest BCUT2D eigenvalue weighted by atomic mass is 79.9. The maximum absolute atomic E-state index is 6.18. The molecule has 0 heterocycles. The summed E-state index contributed by atoms with van der Waals surface area (Å²) in [5.74, 6) is 0. The average Bonchev–Trinajstić information content (AvgIpc) is 2.27. The van der Waals surface area contributed by atoms with Gasteiger partial charge < -0.3 is 5.32 Å². The lowest BCUT2D eigenvalue weighted by Gasteiger charge is -2.19. The summed E-state index contributed by atoms with van der Waals surface area (Å²) >= 11 is 9.65. The number of hydrogen-bond acceptors (Lipinski definition) is 1. The van der Waals surface area contributed by atoms with Crippen molar-refractivity contribution in [1.82, 2.24) is 0 Å². The molecule has 2 rings (SSSR count). The third-order valence-corrected chi connectivity index (χ3v) is 3.85. The molecule has 92 valence electrons. The Balaban J connectivity index is 2.07. The molecule has 1 nitrogen and oxygen atoms in total. The zero-order valence-corrected chi connectivity index (χ0v) is 12.1. The summed E-state index contributed by atoms with van der Waals surface area (Å²) in [6.07, 6.45) is 10.9. The quantitative estimate of drug-likeness (QED) is 0.720. The third kappa shape index (κ3) is 4.04. The van der Waals surface area contributed by atoms with Gasteiger partial charge in [-0.1, -0.05) is 52.5 Å². The molecule has 1 N–H and O–H groups in total. The summed E-state index contributed by atoms with van der Waals surface area (Å²) in [7, 11) is 0. The van der Waals surface area contributed by atoms with Crippen LogP contribution in [-0.4, -0.2) is 6.04 Å². The van der Waals surface area contributed by atoms with E-state index < -0.39 is 0 Å². The third-order valence-electron chi connectivity index (χ3n) is 3.02. The minimum absolute atomic E-state index is 0.405. The zero-order chi connectivity index (χ0) is 12.1. The number of rotatable bonds is 2. The Morgan fingerprint density at radius 2 is 2.12 bits per heavy atom. The standard InChI is InChI=1S/C14H17BrClN/c15-11-8-9-13(16)14(10-11)17-12-6-4-2-1-3-5-7-12/h4,6,8-10,12,17H,1-3,5,7H2/b6-4+. The van der Waals surface area contributed by atoms with E-state index in [1.54, 1.807) is 0 Å². The maximum Gasteiger partial charge on any atom is 0.0638 e. The minimum atomic E-state index is 0.405. The number of anilines is 1. The van der Waals surface area contributed by atoms with Crippen LogP contribution in [0.2, 0.25) is 5.02 Å². The molecule has 17 heavy (non-hydrogen) atoms. The summed E-state index contributed by atoms with van der Waals surface area (Å²) in [4.78, 5) is 0. The second-order valence-corrected chi connectivity index (χ2v) is 5.76. The molecule has 1 atom stereocenters. The zero-order valence-electron chi connectivity index (χ0n) is 9.76. The van der Waals surface area contributed by atoms with Gasteiger partial charge in [-0.2, -0.15) is 0 Å². The Morgan fingerprint density at radius 1 is 1.24 bits per heavy atom. The summed E-state index contributed by atoms with van der Waals surface area (Å²) in [6.45, 7) is 0. The van der Waals surface area contributed by atoms with Crippen molar-refractivity contribution in [2.24, 2.45) is 0 Å². The van der Waals surface area contributed by atoms with E-state index in [0.29, 0.717) is 6.04 Å². The number of nitrogens with one attached hydrogen (secondary N) is 1. The molecule has 0 radical (unpaired) electrons. The Bertz CT molecular complexity index is 403. The van der Waals surface area contributed by atoms with Gasteiger partial charge in [-0.05, 0) is 37.5 Å². The van der Waals surface area contributed by atoms with E-state index in [1.807, 2.05) is 18.2 Å². The molecule has 0 bridgehead atoms. The first-order valence-electron chi connectivity index (χ1n) is 6.14. The van der Waals surface area contributed by atoms with Crippen LogP contribution in [0.5, 0.6) is 0 Å². The molecule has 1 aliphatic carbocycles. The van der Waals surface area contributed by atoms with E-state index in [4.69, 9.17) is 11.6 Å². The van der Waals surface area contributed by atoms with Crippen LogP contribution >= 0.6 is 27.5 Å². The smallest absolute Gasteiger partial charge is 0.0638 e. The van der Waals surface area contributed by atoms with Crippen LogP contribution in [-0.2, 0) is 0 Å². The van der Waals surface area contributed by atoms with Crippen LogP contribution in [0.3, 0.4) is 0 Å². The Morgan fingerprint density at radius 3 is 3.00 bits per heavy atom. The molecule has 3 heteroatoms. The Labute approximate surface area is 116 Å². The van der Waals surface area contributed by atoms with Crippen molar-refractivity contribution < 1.29 is 0 Å². The molecular formula is C14H17BrClN. The Kier molecular flexibility index (Phi) is 4.93. The topological polar surface area (TPSA) is 12.0 Å². The van der Waals surface area contributed by atoms with E-state index in [0.717, 1.165) is 15.2 Å². The molecule has 0 aromatic heterocycles. The lowest BCUT2D eigenvalue weighted by Crippen LogP contribution is -2.17. The van der Waals surface area contributed by atoms with Gasteiger partial charge in [0.25, 0.3) is 0 Å². The monoisotopic (exact) mass is 313 g/mol. The van der Waals surface area contributed by atoms with Gasteiger partial charge in [0.05, 0.1) is 10.7 Å².